The molecule has 17 nitrogen and oxygen atoms in total. The highest BCUT2D eigenvalue weighted by molar-refractivity contribution is 7.57. The number of nitrogens with one attached hydrogen (secondary N) is 2. The smallest absolute Gasteiger partial charge is 0.354 e. The van der Waals surface area contributed by atoms with Gasteiger partial charge in [0.1, 0.15) is 37.1 Å². The molecule has 2 saturated heterocycles. The molecule has 2 N–H and O–H groups in total. The lowest BCUT2D eigenvalue weighted by molar-refractivity contribution is -0.0377. The van der Waals surface area contributed by atoms with E-state index in [9.17, 15) is 14.4 Å². The van der Waals surface area contributed by atoms with Gasteiger partial charge in [0.05, 0.1) is 19.0 Å². The molecule has 0 aliphatic carbocycles. The lowest BCUT2D eigenvalue weighted by Gasteiger charge is -2.45. The molecule has 1 amide bonds. The Morgan fingerprint density at radius 3 is 2.06 bits per heavy atom. The molecule has 0 spiro atoms. The standard InChI is InChI=1S/C51H64N7O10PSi2/c1-34-30-57(49(61)56-47(34)59)42-29-40(68-71(51(5,6)7,36-22-16-12-17-23-36)37-24-18-13-19-25-37)38(65-42)26-27-69(62,63-8)67-39-28-43(66-41(39)31-64-70(9,10)50(2,3)4)58-33-54-44-45(52-32-53-46(44)58)55-48(60)35-20-14-11-15-21-35/h11-27,30,32-33,38-43H,28-29,31H2,1-10H3,(H,56,59,61)(H,52,53,55,60)/b27-26+/t38-,39+,40+,41-,42-,43-,69?/m1/s1. The first-order valence-electron chi connectivity index (χ1n) is 23.8. The van der Waals surface area contributed by atoms with E-state index in [0.717, 1.165) is 10.4 Å². The highest BCUT2D eigenvalue weighted by Crippen LogP contribution is 2.54. The van der Waals surface area contributed by atoms with Crippen molar-refractivity contribution in [2.45, 2.75) is 121 Å². The Morgan fingerprint density at radius 2 is 1.45 bits per heavy atom. The fourth-order valence-electron chi connectivity index (χ4n) is 8.92. The zero-order chi connectivity index (χ0) is 50.9. The molecule has 3 aromatic heterocycles. The van der Waals surface area contributed by atoms with Gasteiger partial charge in [0.15, 0.2) is 25.3 Å². The minimum absolute atomic E-state index is 0.116. The number of imidazole rings is 1. The molecule has 0 radical (unpaired) electrons. The molecule has 8 rings (SSSR count). The van der Waals surface area contributed by atoms with Gasteiger partial charge in [-0.05, 0) is 58.7 Å². The highest BCUT2D eigenvalue weighted by atomic mass is 31.2. The molecule has 20 heteroatoms. The van der Waals surface area contributed by atoms with E-state index >= 15 is 4.57 Å². The van der Waals surface area contributed by atoms with E-state index in [-0.39, 0.29) is 36.2 Å². The highest BCUT2D eigenvalue weighted by Gasteiger charge is 2.54. The quantitative estimate of drug-likeness (QED) is 0.0695. The van der Waals surface area contributed by atoms with Crippen LogP contribution in [0.2, 0.25) is 23.2 Å². The number of carbonyl (C=O) groups excluding carboxylic acids is 1. The van der Waals surface area contributed by atoms with Gasteiger partial charge in [-0.1, -0.05) is 120 Å². The Bertz CT molecular complexity index is 2990. The summed E-state index contributed by atoms with van der Waals surface area (Å²) in [4.78, 5) is 54.9. The maximum atomic E-state index is 15.1. The molecule has 376 valence electrons. The zero-order valence-corrected chi connectivity index (χ0v) is 44.8. The van der Waals surface area contributed by atoms with E-state index in [4.69, 9.17) is 27.4 Å². The molecular weight excluding hydrogens is 958 g/mol. The van der Waals surface area contributed by atoms with Crippen molar-refractivity contribution in [3.63, 3.8) is 0 Å². The summed E-state index contributed by atoms with van der Waals surface area (Å²) in [5.74, 6) is 1.27. The van der Waals surface area contributed by atoms with Crippen molar-refractivity contribution in [2.75, 3.05) is 19.0 Å². The molecule has 3 aromatic carbocycles. The van der Waals surface area contributed by atoms with Crippen molar-refractivity contribution >= 4 is 57.5 Å². The minimum Gasteiger partial charge on any atom is -0.414 e. The molecule has 5 heterocycles. The Morgan fingerprint density at radius 1 is 0.845 bits per heavy atom. The van der Waals surface area contributed by atoms with Crippen LogP contribution in [0, 0.1) is 6.92 Å². The predicted octanol–water partition coefficient (Wildman–Crippen LogP) is 8.22. The van der Waals surface area contributed by atoms with Gasteiger partial charge in [-0.3, -0.25) is 32.8 Å². The van der Waals surface area contributed by atoms with Gasteiger partial charge in [-0.15, -0.1) is 0 Å². The molecule has 71 heavy (non-hydrogen) atoms. The average Bonchev–Trinajstić information content (AvgIpc) is 4.08. The van der Waals surface area contributed by atoms with Crippen LogP contribution in [0.5, 0.6) is 0 Å². The second-order valence-electron chi connectivity index (χ2n) is 20.6. The maximum Gasteiger partial charge on any atom is 0.354 e. The lowest BCUT2D eigenvalue weighted by Crippen LogP contribution is -2.68. The largest absolute Gasteiger partial charge is 0.414 e. The summed E-state index contributed by atoms with van der Waals surface area (Å²) in [7, 11) is -8.34. The fraction of sp³-hybridized carbons (Fsp3) is 0.412. The topological polar surface area (TPSA) is 200 Å². The van der Waals surface area contributed by atoms with Crippen LogP contribution >= 0.6 is 7.60 Å². The van der Waals surface area contributed by atoms with Gasteiger partial charge in [-0.25, -0.2) is 19.7 Å². The Balaban J connectivity index is 1.13. The van der Waals surface area contributed by atoms with Gasteiger partial charge in [0, 0.05) is 43.1 Å². The number of benzene rings is 3. The third-order valence-corrected chi connectivity index (χ3v) is 25.0. The summed E-state index contributed by atoms with van der Waals surface area (Å²) in [6.07, 6.45) is 1.80. The van der Waals surface area contributed by atoms with E-state index < -0.39 is 77.4 Å². The van der Waals surface area contributed by atoms with Crippen LogP contribution in [-0.4, -0.2) is 89.7 Å². The average molecular weight is 1020 g/mol. The van der Waals surface area contributed by atoms with Crippen LogP contribution in [0.25, 0.3) is 11.2 Å². The summed E-state index contributed by atoms with van der Waals surface area (Å²) < 4.78 is 58.3. The summed E-state index contributed by atoms with van der Waals surface area (Å²) in [5, 5.41) is 4.41. The number of nitrogens with zero attached hydrogens (tertiary/aromatic N) is 5. The molecule has 2 aliphatic heterocycles. The van der Waals surface area contributed by atoms with E-state index in [0.29, 0.717) is 22.3 Å². The molecule has 7 atom stereocenters. The number of hydrogen-bond acceptors (Lipinski definition) is 13. The number of hydrogen-bond donors (Lipinski definition) is 2. The van der Waals surface area contributed by atoms with Crippen LogP contribution in [-0.2, 0) is 31.9 Å². The molecule has 2 fully saturated rings. The number of carbonyl (C=O) groups is 1. The van der Waals surface area contributed by atoms with E-state index in [1.165, 1.54) is 30.0 Å². The van der Waals surface area contributed by atoms with Crippen LogP contribution in [0.15, 0.2) is 131 Å². The van der Waals surface area contributed by atoms with E-state index in [1.807, 2.05) is 42.5 Å². The first kappa shape index (κ1) is 51.9. The molecule has 1 unspecified atom stereocenters. The number of aromatic amines is 1. The normalized spacial score (nSPS) is 22.0. The summed E-state index contributed by atoms with van der Waals surface area (Å²) in [6.45, 7) is 19.0. The van der Waals surface area contributed by atoms with Crippen LogP contribution < -0.4 is 26.9 Å². The second-order valence-corrected chi connectivity index (χ2v) is 31.6. The summed E-state index contributed by atoms with van der Waals surface area (Å²) in [5.41, 5.74) is 0.441. The van der Waals surface area contributed by atoms with E-state index in [2.05, 4.69) is 104 Å². The number of amides is 1. The minimum atomic E-state index is -4.13. The fourth-order valence-corrected chi connectivity index (χ4v) is 15.9. The molecule has 0 saturated carbocycles. The first-order chi connectivity index (χ1) is 33.6. The summed E-state index contributed by atoms with van der Waals surface area (Å²) >= 11 is 0. The number of fused-ring (bicyclic) bond motifs is 1. The monoisotopic (exact) mass is 1020 g/mol. The number of ether oxygens (including phenoxy) is 2. The summed E-state index contributed by atoms with van der Waals surface area (Å²) in [6, 6.07) is 29.1. The van der Waals surface area contributed by atoms with Crippen molar-refractivity contribution < 1.29 is 36.7 Å². The van der Waals surface area contributed by atoms with Gasteiger partial charge >= 0.3 is 13.3 Å². The Labute approximate surface area is 415 Å². The van der Waals surface area contributed by atoms with Gasteiger partial charge in [0.25, 0.3) is 19.8 Å². The third-order valence-electron chi connectivity index (χ3n) is 13.8. The number of H-pyrrole nitrogens is 1. The molecule has 0 bridgehead atoms. The third kappa shape index (κ3) is 10.8. The van der Waals surface area contributed by atoms with Crippen molar-refractivity contribution in [3.05, 3.63) is 154 Å². The maximum absolute atomic E-state index is 15.1. The first-order valence-corrected chi connectivity index (χ1v) is 30.2. The van der Waals surface area contributed by atoms with E-state index in [1.54, 1.807) is 48.2 Å². The number of aromatic nitrogens is 6. The van der Waals surface area contributed by atoms with Crippen molar-refractivity contribution in [2.24, 2.45) is 0 Å². The zero-order valence-electron chi connectivity index (χ0n) is 41.9. The SMILES string of the molecule is COP(=O)(/C=C/[C@H]1O[C@@H](n2cc(C)c(=O)[nH]c2=O)C[C@@H]1O[Si](c1ccccc1)(c1ccccc1)C(C)(C)C)O[C@H]1C[C@H](n2cnc3c(NC(=O)c4ccccc4)ncnc32)O[C@@H]1CO[Si](C)(C)C(C)(C)C. The predicted molar refractivity (Wildman–Crippen MR) is 277 cm³/mol. The van der Waals surface area contributed by atoms with Crippen LogP contribution in [0.3, 0.4) is 0 Å². The Kier molecular flexibility index (Phi) is 15.0. The van der Waals surface area contributed by atoms with Crippen molar-refractivity contribution in [3.8, 4) is 0 Å². The molecular formula is C51H64N7O10PSi2. The molecule has 2 aliphatic rings. The van der Waals surface area contributed by atoms with Crippen LogP contribution in [0.1, 0.15) is 82.8 Å². The van der Waals surface area contributed by atoms with Gasteiger partial charge in [0.2, 0.25) is 0 Å². The number of aryl methyl sites for hydroxylation is 1. The Hall–Kier alpha value is -5.48. The van der Waals surface area contributed by atoms with Gasteiger partial charge < -0.3 is 28.2 Å². The lowest BCUT2D eigenvalue weighted by atomic mass is 10.2. The van der Waals surface area contributed by atoms with Crippen molar-refractivity contribution in [1.82, 2.24) is 29.1 Å². The number of rotatable bonds is 16. The molecule has 6 aromatic rings. The van der Waals surface area contributed by atoms with Crippen LogP contribution in [0.4, 0.5) is 5.82 Å². The van der Waals surface area contributed by atoms with Gasteiger partial charge in [-0.2, -0.15) is 0 Å². The van der Waals surface area contributed by atoms with Crippen molar-refractivity contribution in [1.29, 1.82) is 0 Å². The number of anilines is 1. The second kappa shape index (κ2) is 20.6.